The zero-order valence-corrected chi connectivity index (χ0v) is 10.4. The maximum Gasteiger partial charge on any atom is 0.122 e. The molecule has 1 aliphatic heterocycles. The second-order valence-electron chi connectivity index (χ2n) is 4.70. The van der Waals surface area contributed by atoms with Gasteiger partial charge < -0.3 is 15.2 Å². The van der Waals surface area contributed by atoms with Crippen LogP contribution in [0.15, 0.2) is 24.3 Å². The normalized spacial score (nSPS) is 18.9. The second kappa shape index (κ2) is 5.52. The number of piperidine rings is 1. The molecule has 0 radical (unpaired) electrons. The third kappa shape index (κ3) is 2.45. The summed E-state index contributed by atoms with van der Waals surface area (Å²) < 4.78 is 5.47. The summed E-state index contributed by atoms with van der Waals surface area (Å²) in [4.78, 5) is 0. The van der Waals surface area contributed by atoms with Gasteiger partial charge >= 0.3 is 0 Å². The van der Waals surface area contributed by atoms with Crippen molar-refractivity contribution in [3.63, 3.8) is 0 Å². The van der Waals surface area contributed by atoms with E-state index in [-0.39, 0.29) is 12.0 Å². The van der Waals surface area contributed by atoms with Crippen LogP contribution in [0.2, 0.25) is 0 Å². The highest BCUT2D eigenvalue weighted by atomic mass is 16.5. The summed E-state index contributed by atoms with van der Waals surface area (Å²) in [7, 11) is 1.71. The Morgan fingerprint density at radius 2 is 2.00 bits per heavy atom. The van der Waals surface area contributed by atoms with E-state index in [1.54, 1.807) is 7.11 Å². The highest BCUT2D eigenvalue weighted by molar-refractivity contribution is 5.40. The van der Waals surface area contributed by atoms with Crippen LogP contribution in [0.3, 0.4) is 0 Å². The average molecular weight is 235 g/mol. The van der Waals surface area contributed by atoms with E-state index in [2.05, 4.69) is 17.4 Å². The lowest BCUT2D eigenvalue weighted by Gasteiger charge is -2.38. The Kier molecular flexibility index (Phi) is 4.02. The van der Waals surface area contributed by atoms with Crippen molar-refractivity contribution in [2.75, 3.05) is 26.8 Å². The predicted molar refractivity (Wildman–Crippen MR) is 68.5 cm³/mol. The first-order valence-corrected chi connectivity index (χ1v) is 6.27. The molecule has 1 aliphatic rings. The number of hydrogen-bond acceptors (Lipinski definition) is 3. The van der Waals surface area contributed by atoms with Crippen molar-refractivity contribution in [2.24, 2.45) is 0 Å². The lowest BCUT2D eigenvalue weighted by atomic mass is 9.70. The van der Waals surface area contributed by atoms with E-state index in [9.17, 15) is 5.11 Å². The minimum absolute atomic E-state index is 0.0760. The fourth-order valence-corrected chi connectivity index (χ4v) is 2.86. The van der Waals surface area contributed by atoms with Crippen LogP contribution >= 0.6 is 0 Å². The fourth-order valence-electron chi connectivity index (χ4n) is 2.86. The summed E-state index contributed by atoms with van der Waals surface area (Å²) in [5.41, 5.74) is 1.32. The Morgan fingerprint density at radius 1 is 1.29 bits per heavy atom. The van der Waals surface area contributed by atoms with Crippen molar-refractivity contribution >= 4 is 0 Å². The number of benzene rings is 1. The number of methoxy groups -OCH3 is 1. The molecule has 0 amide bonds. The molecule has 94 valence electrons. The van der Waals surface area contributed by atoms with Crippen molar-refractivity contribution in [3.8, 4) is 5.75 Å². The summed E-state index contributed by atoms with van der Waals surface area (Å²) in [5, 5.41) is 12.7. The zero-order valence-electron chi connectivity index (χ0n) is 10.4. The van der Waals surface area contributed by atoms with E-state index in [1.165, 1.54) is 5.56 Å². The molecule has 17 heavy (non-hydrogen) atoms. The maximum absolute atomic E-state index is 9.35. The van der Waals surface area contributed by atoms with Gasteiger partial charge in [-0.1, -0.05) is 18.2 Å². The minimum atomic E-state index is 0.0760. The van der Waals surface area contributed by atoms with Crippen LogP contribution in [0, 0.1) is 0 Å². The van der Waals surface area contributed by atoms with E-state index < -0.39 is 0 Å². The van der Waals surface area contributed by atoms with Gasteiger partial charge in [-0.05, 0) is 38.4 Å². The molecule has 1 aromatic carbocycles. The largest absolute Gasteiger partial charge is 0.496 e. The smallest absolute Gasteiger partial charge is 0.122 e. The van der Waals surface area contributed by atoms with Crippen molar-refractivity contribution in [3.05, 3.63) is 29.8 Å². The van der Waals surface area contributed by atoms with Gasteiger partial charge in [-0.2, -0.15) is 0 Å². The van der Waals surface area contributed by atoms with Crippen molar-refractivity contribution in [1.82, 2.24) is 5.32 Å². The first kappa shape index (κ1) is 12.4. The van der Waals surface area contributed by atoms with Crippen LogP contribution in [-0.2, 0) is 5.41 Å². The van der Waals surface area contributed by atoms with Gasteiger partial charge in [-0.15, -0.1) is 0 Å². The van der Waals surface area contributed by atoms with Crippen LogP contribution in [0.5, 0.6) is 5.75 Å². The molecule has 0 aliphatic carbocycles. The Bertz CT molecular complexity index is 353. The van der Waals surface area contributed by atoms with E-state index in [4.69, 9.17) is 4.74 Å². The van der Waals surface area contributed by atoms with Crippen molar-refractivity contribution in [2.45, 2.75) is 24.7 Å². The number of para-hydroxylation sites is 1. The van der Waals surface area contributed by atoms with Crippen molar-refractivity contribution < 1.29 is 9.84 Å². The van der Waals surface area contributed by atoms with Gasteiger partial charge in [-0.25, -0.2) is 0 Å². The molecule has 1 aromatic rings. The molecule has 0 atom stereocenters. The zero-order chi connectivity index (χ0) is 12.1. The Hall–Kier alpha value is -1.06. The van der Waals surface area contributed by atoms with Gasteiger partial charge in [0.1, 0.15) is 5.75 Å². The summed E-state index contributed by atoms with van der Waals surface area (Å²) in [5.74, 6) is 0.947. The molecular formula is C14H21NO2. The van der Waals surface area contributed by atoms with E-state index in [1.807, 2.05) is 12.1 Å². The summed E-state index contributed by atoms with van der Waals surface area (Å²) in [6.07, 6.45) is 2.94. The second-order valence-corrected chi connectivity index (χ2v) is 4.70. The Balaban J connectivity index is 2.37. The van der Waals surface area contributed by atoms with Crippen LogP contribution in [-0.4, -0.2) is 31.9 Å². The van der Waals surface area contributed by atoms with Crippen LogP contribution in [0.25, 0.3) is 0 Å². The third-order valence-corrected chi connectivity index (χ3v) is 3.83. The van der Waals surface area contributed by atoms with Crippen LogP contribution in [0.4, 0.5) is 0 Å². The lowest BCUT2D eigenvalue weighted by Crippen LogP contribution is -2.40. The summed E-state index contributed by atoms with van der Waals surface area (Å²) in [6, 6.07) is 8.20. The molecule has 3 nitrogen and oxygen atoms in total. The number of rotatable bonds is 4. The minimum Gasteiger partial charge on any atom is -0.496 e. The standard InChI is InChI=1S/C14H21NO2/c1-17-13-5-3-2-4-12(13)14(8-11-16)6-9-15-10-7-14/h2-5,15-16H,6-11H2,1H3. The first-order valence-electron chi connectivity index (χ1n) is 6.27. The molecule has 0 saturated carbocycles. The molecule has 0 aromatic heterocycles. The molecule has 0 bridgehead atoms. The fraction of sp³-hybridized carbons (Fsp3) is 0.571. The molecular weight excluding hydrogens is 214 g/mol. The highest BCUT2D eigenvalue weighted by Gasteiger charge is 2.35. The average Bonchev–Trinajstić information content (AvgIpc) is 2.40. The van der Waals surface area contributed by atoms with Crippen molar-refractivity contribution in [1.29, 1.82) is 0 Å². The van der Waals surface area contributed by atoms with Gasteiger partial charge in [0.05, 0.1) is 7.11 Å². The number of hydrogen-bond donors (Lipinski definition) is 2. The molecule has 1 heterocycles. The summed E-state index contributed by atoms with van der Waals surface area (Å²) in [6.45, 7) is 2.26. The molecule has 0 spiro atoms. The SMILES string of the molecule is COc1ccccc1C1(CCO)CCNCC1. The van der Waals surface area contributed by atoms with Crippen LogP contribution in [0.1, 0.15) is 24.8 Å². The number of aliphatic hydroxyl groups is 1. The predicted octanol–water partition coefficient (Wildman–Crippen LogP) is 1.70. The topological polar surface area (TPSA) is 41.5 Å². The van der Waals surface area contributed by atoms with Gasteiger partial charge in [-0.3, -0.25) is 0 Å². The molecule has 3 heteroatoms. The molecule has 1 saturated heterocycles. The molecule has 2 N–H and O–H groups in total. The molecule has 1 fully saturated rings. The molecule has 2 rings (SSSR count). The lowest BCUT2D eigenvalue weighted by molar-refractivity contribution is 0.200. The number of nitrogens with one attached hydrogen (secondary N) is 1. The van der Waals surface area contributed by atoms with E-state index >= 15 is 0 Å². The van der Waals surface area contributed by atoms with Crippen LogP contribution < -0.4 is 10.1 Å². The maximum atomic E-state index is 9.35. The quantitative estimate of drug-likeness (QED) is 0.834. The number of ether oxygens (including phenoxy) is 1. The monoisotopic (exact) mass is 235 g/mol. The first-order chi connectivity index (χ1) is 8.32. The third-order valence-electron chi connectivity index (χ3n) is 3.83. The highest BCUT2D eigenvalue weighted by Crippen LogP contribution is 2.41. The van der Waals surface area contributed by atoms with Gasteiger partial charge in [0.25, 0.3) is 0 Å². The van der Waals surface area contributed by atoms with Gasteiger partial charge in [0.15, 0.2) is 0 Å². The van der Waals surface area contributed by atoms with E-state index in [0.29, 0.717) is 0 Å². The summed E-state index contributed by atoms with van der Waals surface area (Å²) >= 11 is 0. The number of aliphatic hydroxyl groups excluding tert-OH is 1. The molecule has 0 unspecified atom stereocenters. The van der Waals surface area contributed by atoms with Gasteiger partial charge in [0, 0.05) is 17.6 Å². The Labute approximate surface area is 103 Å². The Morgan fingerprint density at radius 3 is 2.65 bits per heavy atom. The van der Waals surface area contributed by atoms with Gasteiger partial charge in [0.2, 0.25) is 0 Å². The van der Waals surface area contributed by atoms with E-state index in [0.717, 1.165) is 38.1 Å².